The van der Waals surface area contributed by atoms with Gasteiger partial charge in [-0.25, -0.2) is 19.2 Å². The van der Waals surface area contributed by atoms with Crippen molar-refractivity contribution in [3.05, 3.63) is 0 Å². The molecule has 2 spiro atoms. The maximum atomic E-state index is 12.7. The maximum Gasteiger partial charge on any atom is 0.419 e. The van der Waals surface area contributed by atoms with Crippen molar-refractivity contribution in [3.63, 3.8) is 0 Å². The number of nitrogens with one attached hydrogen (secondary N) is 2. The number of carbonyl (C=O) groups is 4. The zero-order valence-corrected chi connectivity index (χ0v) is 20.6. The molecule has 4 fully saturated rings. The first-order valence-corrected chi connectivity index (χ1v) is 11.5. The molecule has 34 heavy (non-hydrogen) atoms. The van der Waals surface area contributed by atoms with E-state index in [1.165, 1.54) is 9.80 Å². The average molecular weight is 483 g/mol. The van der Waals surface area contributed by atoms with E-state index in [9.17, 15) is 19.2 Å². The number of hydrogen-bond donors (Lipinski definition) is 2. The second-order valence-electron chi connectivity index (χ2n) is 11.7. The van der Waals surface area contributed by atoms with Crippen LogP contribution in [-0.4, -0.2) is 96.9 Å². The highest BCUT2D eigenvalue weighted by Gasteiger charge is 2.63. The average Bonchev–Trinajstić information content (AvgIpc) is 2.56. The van der Waals surface area contributed by atoms with Crippen LogP contribution in [0.1, 0.15) is 41.5 Å². The van der Waals surface area contributed by atoms with E-state index in [-0.39, 0.29) is 0 Å². The van der Waals surface area contributed by atoms with Gasteiger partial charge in [0.2, 0.25) is 0 Å². The lowest BCUT2D eigenvalue weighted by molar-refractivity contribution is -0.242. The Morgan fingerprint density at radius 1 is 0.676 bits per heavy atom. The van der Waals surface area contributed by atoms with E-state index in [4.69, 9.17) is 18.9 Å². The van der Waals surface area contributed by atoms with Crippen molar-refractivity contribution in [1.29, 1.82) is 0 Å². The van der Waals surface area contributed by atoms with E-state index in [2.05, 4.69) is 10.6 Å². The largest absolute Gasteiger partial charge is 0.444 e. The Balaban J connectivity index is 1.39. The van der Waals surface area contributed by atoms with Gasteiger partial charge in [0.05, 0.1) is 10.8 Å². The fourth-order valence-corrected chi connectivity index (χ4v) is 4.54. The highest BCUT2D eigenvalue weighted by atomic mass is 16.6. The first-order valence-electron chi connectivity index (χ1n) is 11.5. The fraction of sp³-hybridized carbons (Fsp3) is 0.818. The van der Waals surface area contributed by atoms with Crippen LogP contribution in [-0.2, 0) is 28.5 Å². The van der Waals surface area contributed by atoms with Crippen molar-refractivity contribution >= 4 is 24.1 Å². The molecule has 0 radical (unpaired) electrons. The van der Waals surface area contributed by atoms with Crippen LogP contribution in [0.15, 0.2) is 0 Å². The van der Waals surface area contributed by atoms with E-state index < -0.39 is 58.6 Å². The summed E-state index contributed by atoms with van der Waals surface area (Å²) >= 11 is 0. The molecule has 0 aliphatic carbocycles. The molecular formula is C22H34N4O8. The van der Waals surface area contributed by atoms with Crippen LogP contribution in [0, 0.1) is 10.8 Å². The number of amides is 2. The molecule has 2 unspecified atom stereocenters. The Labute approximate surface area is 198 Å². The zero-order valence-electron chi connectivity index (χ0n) is 20.6. The van der Waals surface area contributed by atoms with E-state index in [0.29, 0.717) is 39.3 Å². The second-order valence-corrected chi connectivity index (χ2v) is 11.7. The van der Waals surface area contributed by atoms with Crippen molar-refractivity contribution in [2.24, 2.45) is 10.8 Å². The second kappa shape index (κ2) is 7.98. The summed E-state index contributed by atoms with van der Waals surface area (Å²) in [5.41, 5.74) is -2.34. The summed E-state index contributed by atoms with van der Waals surface area (Å²) in [7, 11) is 0. The van der Waals surface area contributed by atoms with Gasteiger partial charge in [-0.1, -0.05) is 0 Å². The predicted octanol–water partition coefficient (Wildman–Crippen LogP) is 0.406. The minimum atomic E-state index is -1.22. The SMILES string of the molecule is CC(C)(C)OC(=O)N1CC2(CNC2)C1OC(=O)C(=O)OC1N(C(=O)OC(C)(C)C)CC12CNC2. The van der Waals surface area contributed by atoms with E-state index in [1.807, 2.05) is 0 Å². The molecule has 190 valence electrons. The molecule has 0 aromatic heterocycles. The third-order valence-electron chi connectivity index (χ3n) is 6.35. The van der Waals surface area contributed by atoms with E-state index >= 15 is 0 Å². The Hall–Kier alpha value is -2.60. The minimum Gasteiger partial charge on any atom is -0.444 e. The van der Waals surface area contributed by atoms with Gasteiger partial charge in [0.15, 0.2) is 12.5 Å². The minimum absolute atomic E-state index is 0.353. The van der Waals surface area contributed by atoms with Gasteiger partial charge in [0.25, 0.3) is 0 Å². The van der Waals surface area contributed by atoms with Crippen LogP contribution in [0.3, 0.4) is 0 Å². The molecule has 12 nitrogen and oxygen atoms in total. The molecule has 0 aromatic rings. The molecule has 2 amide bonds. The number of esters is 2. The van der Waals surface area contributed by atoms with Crippen molar-refractivity contribution in [2.75, 3.05) is 39.3 Å². The Morgan fingerprint density at radius 2 is 1.00 bits per heavy atom. The van der Waals surface area contributed by atoms with Crippen LogP contribution in [0.5, 0.6) is 0 Å². The van der Waals surface area contributed by atoms with Crippen LogP contribution < -0.4 is 10.6 Å². The normalized spacial score (nSPS) is 26.4. The van der Waals surface area contributed by atoms with Gasteiger partial charge in [0, 0.05) is 39.3 Å². The molecule has 12 heteroatoms. The maximum absolute atomic E-state index is 12.7. The van der Waals surface area contributed by atoms with Crippen molar-refractivity contribution in [3.8, 4) is 0 Å². The lowest BCUT2D eigenvalue weighted by Gasteiger charge is -2.60. The molecule has 4 saturated heterocycles. The third-order valence-corrected chi connectivity index (χ3v) is 6.35. The highest BCUT2D eigenvalue weighted by molar-refractivity contribution is 6.29. The Bertz CT molecular complexity index is 812. The lowest BCUT2D eigenvalue weighted by Crippen LogP contribution is -2.79. The van der Waals surface area contributed by atoms with Crippen LogP contribution >= 0.6 is 0 Å². The van der Waals surface area contributed by atoms with Gasteiger partial charge in [0.1, 0.15) is 11.2 Å². The lowest BCUT2D eigenvalue weighted by atomic mass is 9.72. The number of carbonyl (C=O) groups excluding carboxylic acids is 4. The summed E-state index contributed by atoms with van der Waals surface area (Å²) in [5, 5.41) is 6.21. The summed E-state index contributed by atoms with van der Waals surface area (Å²) in [6.45, 7) is 13.3. The molecule has 4 aliphatic rings. The first kappa shape index (κ1) is 24.5. The summed E-state index contributed by atoms with van der Waals surface area (Å²) in [6, 6.07) is 0. The van der Waals surface area contributed by atoms with Gasteiger partial charge in [-0.05, 0) is 41.5 Å². The smallest absolute Gasteiger partial charge is 0.419 e. The van der Waals surface area contributed by atoms with E-state index in [1.54, 1.807) is 41.5 Å². The zero-order chi connectivity index (χ0) is 25.1. The van der Waals surface area contributed by atoms with Gasteiger partial charge >= 0.3 is 24.1 Å². The van der Waals surface area contributed by atoms with Crippen molar-refractivity contribution in [1.82, 2.24) is 20.4 Å². The standard InChI is InChI=1S/C22H34N4O8/c1-19(2,3)33-17(29)25-11-21(7-23-8-21)15(25)31-13(27)14(28)32-16-22(9-24-10-22)12-26(16)18(30)34-20(4,5)6/h15-16,23-24H,7-12H2,1-6H3. The summed E-state index contributed by atoms with van der Waals surface area (Å²) < 4.78 is 21.7. The van der Waals surface area contributed by atoms with Crippen LogP contribution in [0.2, 0.25) is 0 Å². The first-order chi connectivity index (χ1) is 15.6. The highest BCUT2D eigenvalue weighted by Crippen LogP contribution is 2.44. The third kappa shape index (κ3) is 4.40. The molecule has 4 heterocycles. The summed E-state index contributed by atoms with van der Waals surface area (Å²) in [6.07, 6.45) is -3.12. The van der Waals surface area contributed by atoms with E-state index in [0.717, 1.165) is 0 Å². The van der Waals surface area contributed by atoms with Crippen LogP contribution in [0.25, 0.3) is 0 Å². The molecule has 0 bridgehead atoms. The number of ether oxygens (including phenoxy) is 4. The molecule has 4 rings (SSSR count). The summed E-state index contributed by atoms with van der Waals surface area (Å²) in [5.74, 6) is -2.44. The van der Waals surface area contributed by atoms with Gasteiger partial charge in [-0.15, -0.1) is 0 Å². The van der Waals surface area contributed by atoms with Crippen molar-refractivity contribution in [2.45, 2.75) is 65.2 Å². The van der Waals surface area contributed by atoms with Gasteiger partial charge < -0.3 is 29.6 Å². The molecule has 0 saturated carbocycles. The summed E-state index contributed by atoms with van der Waals surface area (Å²) in [4.78, 5) is 53.0. The molecule has 2 N–H and O–H groups in total. The molecule has 2 atom stereocenters. The molecular weight excluding hydrogens is 448 g/mol. The Morgan fingerprint density at radius 3 is 1.24 bits per heavy atom. The monoisotopic (exact) mass is 482 g/mol. The molecule has 0 aromatic carbocycles. The number of hydrogen-bond acceptors (Lipinski definition) is 10. The quantitative estimate of drug-likeness (QED) is 0.323. The Kier molecular flexibility index (Phi) is 5.75. The number of nitrogens with zero attached hydrogens (tertiary/aromatic N) is 2. The van der Waals surface area contributed by atoms with Gasteiger partial charge in [-0.2, -0.15) is 0 Å². The topological polar surface area (TPSA) is 136 Å². The number of rotatable bonds is 2. The van der Waals surface area contributed by atoms with Crippen LogP contribution in [0.4, 0.5) is 9.59 Å². The number of likely N-dealkylation sites (tertiary alicyclic amines) is 2. The van der Waals surface area contributed by atoms with Gasteiger partial charge in [-0.3, -0.25) is 9.80 Å². The molecule has 4 aliphatic heterocycles. The van der Waals surface area contributed by atoms with Crippen molar-refractivity contribution < 1.29 is 38.1 Å². The predicted molar refractivity (Wildman–Crippen MR) is 116 cm³/mol. The fourth-order valence-electron chi connectivity index (χ4n) is 4.54.